The highest BCUT2D eigenvalue weighted by Crippen LogP contribution is 2.17. The lowest BCUT2D eigenvalue weighted by molar-refractivity contribution is 0.102. The van der Waals surface area contributed by atoms with Crippen LogP contribution in [-0.2, 0) is 14.1 Å². The summed E-state index contributed by atoms with van der Waals surface area (Å²) in [5.41, 5.74) is 1.95. The number of benzene rings is 1. The highest BCUT2D eigenvalue weighted by atomic mass is 16.1. The number of amides is 1. The first kappa shape index (κ1) is 13.0. The van der Waals surface area contributed by atoms with E-state index in [9.17, 15) is 4.79 Å². The minimum atomic E-state index is -0.208. The second kappa shape index (κ2) is 5.16. The summed E-state index contributed by atoms with van der Waals surface area (Å²) in [5.74, 6) is 0.394. The molecule has 0 bridgehead atoms. The Morgan fingerprint density at radius 1 is 1.29 bits per heavy atom. The summed E-state index contributed by atoms with van der Waals surface area (Å²) in [6.07, 6.45) is 3.32. The maximum atomic E-state index is 12.2. The lowest BCUT2D eigenvalue weighted by Gasteiger charge is -2.04. The van der Waals surface area contributed by atoms with Crippen LogP contribution in [0.15, 0.2) is 36.7 Å². The van der Waals surface area contributed by atoms with Gasteiger partial charge in [-0.3, -0.25) is 9.48 Å². The average molecular weight is 283 g/mol. The molecule has 0 saturated carbocycles. The molecule has 106 valence electrons. The Morgan fingerprint density at radius 3 is 2.81 bits per heavy atom. The molecule has 0 aliphatic carbocycles. The summed E-state index contributed by atoms with van der Waals surface area (Å²) in [5, 5.41) is 18.1. The molecule has 0 fully saturated rings. The Hall–Kier alpha value is -3.03. The molecule has 0 aliphatic heterocycles. The molecule has 3 aromatic rings. The van der Waals surface area contributed by atoms with Gasteiger partial charge in [-0.15, -0.1) is 5.10 Å². The predicted molar refractivity (Wildman–Crippen MR) is 75.4 cm³/mol. The van der Waals surface area contributed by atoms with Crippen molar-refractivity contribution in [2.45, 2.75) is 0 Å². The Morgan fingerprint density at radius 2 is 2.14 bits per heavy atom. The first-order valence-corrected chi connectivity index (χ1v) is 6.26. The summed E-state index contributed by atoms with van der Waals surface area (Å²) in [4.78, 5) is 12.2. The quantitative estimate of drug-likeness (QED) is 0.770. The molecule has 3 rings (SSSR count). The number of anilines is 1. The van der Waals surface area contributed by atoms with Gasteiger partial charge in [0.05, 0.1) is 11.9 Å². The number of nitrogens with zero attached hydrogens (tertiary/aromatic N) is 6. The van der Waals surface area contributed by atoms with E-state index in [4.69, 9.17) is 0 Å². The normalized spacial score (nSPS) is 10.6. The topological polar surface area (TPSA) is 90.5 Å². The molecule has 2 heterocycles. The van der Waals surface area contributed by atoms with E-state index >= 15 is 0 Å². The summed E-state index contributed by atoms with van der Waals surface area (Å²) in [6, 6.07) is 7.13. The third kappa shape index (κ3) is 2.64. The second-order valence-electron chi connectivity index (χ2n) is 4.56. The Bertz CT molecular complexity index is 789. The highest BCUT2D eigenvalue weighted by molar-refractivity contribution is 6.04. The number of carbonyl (C=O) groups excluding carboxylic acids is 1. The zero-order chi connectivity index (χ0) is 14.8. The van der Waals surface area contributed by atoms with Crippen molar-refractivity contribution in [1.29, 1.82) is 0 Å². The van der Waals surface area contributed by atoms with Crippen LogP contribution in [0.1, 0.15) is 10.4 Å². The van der Waals surface area contributed by atoms with Crippen LogP contribution in [0.5, 0.6) is 0 Å². The zero-order valence-corrected chi connectivity index (χ0v) is 11.6. The van der Waals surface area contributed by atoms with E-state index < -0.39 is 0 Å². The molecular weight excluding hydrogens is 270 g/mol. The zero-order valence-electron chi connectivity index (χ0n) is 11.6. The van der Waals surface area contributed by atoms with Crippen molar-refractivity contribution >= 4 is 11.6 Å². The first-order chi connectivity index (χ1) is 10.1. The second-order valence-corrected chi connectivity index (χ2v) is 4.56. The van der Waals surface area contributed by atoms with Crippen LogP contribution >= 0.6 is 0 Å². The molecule has 8 nitrogen and oxygen atoms in total. The molecule has 0 aliphatic rings. The van der Waals surface area contributed by atoms with Gasteiger partial charge < -0.3 is 5.32 Å². The van der Waals surface area contributed by atoms with Crippen LogP contribution in [-0.4, -0.2) is 35.9 Å². The van der Waals surface area contributed by atoms with Crippen LogP contribution in [0.25, 0.3) is 11.4 Å². The molecule has 1 aromatic carbocycles. The van der Waals surface area contributed by atoms with Gasteiger partial charge in [0, 0.05) is 31.4 Å². The summed E-state index contributed by atoms with van der Waals surface area (Å²) in [7, 11) is 3.54. The van der Waals surface area contributed by atoms with Gasteiger partial charge in [-0.25, -0.2) is 4.68 Å². The van der Waals surface area contributed by atoms with Gasteiger partial charge in [0.1, 0.15) is 0 Å². The molecule has 0 saturated heterocycles. The predicted octanol–water partition coefficient (Wildman–Crippen LogP) is 0.863. The number of hydrogen-bond acceptors (Lipinski definition) is 5. The highest BCUT2D eigenvalue weighted by Gasteiger charge is 2.11. The van der Waals surface area contributed by atoms with Crippen molar-refractivity contribution in [2.75, 3.05) is 5.32 Å². The van der Waals surface area contributed by atoms with Crippen LogP contribution < -0.4 is 5.32 Å². The van der Waals surface area contributed by atoms with Gasteiger partial charge in [-0.1, -0.05) is 12.1 Å². The van der Waals surface area contributed by atoms with Crippen LogP contribution in [0.3, 0.4) is 0 Å². The number of rotatable bonds is 3. The van der Waals surface area contributed by atoms with Gasteiger partial charge in [0.15, 0.2) is 5.82 Å². The van der Waals surface area contributed by atoms with Gasteiger partial charge in [-0.05, 0) is 22.6 Å². The van der Waals surface area contributed by atoms with Crippen molar-refractivity contribution in [1.82, 2.24) is 30.0 Å². The molecule has 1 N–H and O–H groups in total. The van der Waals surface area contributed by atoms with Crippen molar-refractivity contribution in [3.8, 4) is 11.4 Å². The van der Waals surface area contributed by atoms with E-state index in [1.165, 1.54) is 0 Å². The maximum Gasteiger partial charge on any atom is 0.255 e. The Labute approximate surface area is 120 Å². The third-order valence-electron chi connectivity index (χ3n) is 2.97. The molecule has 0 spiro atoms. The Kier molecular flexibility index (Phi) is 3.19. The molecule has 2 aromatic heterocycles. The van der Waals surface area contributed by atoms with Gasteiger partial charge >= 0.3 is 0 Å². The summed E-state index contributed by atoms with van der Waals surface area (Å²) in [6.45, 7) is 0. The van der Waals surface area contributed by atoms with Crippen LogP contribution in [0.4, 0.5) is 5.69 Å². The minimum Gasteiger partial charge on any atom is -0.319 e. The van der Waals surface area contributed by atoms with Crippen molar-refractivity contribution in [2.24, 2.45) is 14.1 Å². The van der Waals surface area contributed by atoms with E-state index in [2.05, 4.69) is 25.9 Å². The summed E-state index contributed by atoms with van der Waals surface area (Å²) < 4.78 is 3.18. The van der Waals surface area contributed by atoms with E-state index in [0.29, 0.717) is 17.1 Å². The number of carbonyl (C=O) groups is 1. The first-order valence-electron chi connectivity index (χ1n) is 6.26. The number of hydrogen-bond donors (Lipinski definition) is 1. The van der Waals surface area contributed by atoms with E-state index in [1.807, 2.05) is 6.07 Å². The monoisotopic (exact) mass is 283 g/mol. The maximum absolute atomic E-state index is 12.2. The number of tetrazole rings is 1. The van der Waals surface area contributed by atoms with Gasteiger partial charge in [0.25, 0.3) is 5.91 Å². The fourth-order valence-electron chi connectivity index (χ4n) is 1.96. The van der Waals surface area contributed by atoms with Crippen molar-refractivity contribution in [3.05, 3.63) is 42.2 Å². The number of nitrogens with one attached hydrogen (secondary N) is 1. The smallest absolute Gasteiger partial charge is 0.255 e. The average Bonchev–Trinajstić information content (AvgIpc) is 3.07. The van der Waals surface area contributed by atoms with E-state index in [1.54, 1.807) is 54.1 Å². The van der Waals surface area contributed by atoms with Crippen molar-refractivity contribution in [3.63, 3.8) is 0 Å². The van der Waals surface area contributed by atoms with Crippen LogP contribution in [0, 0.1) is 0 Å². The molecule has 0 unspecified atom stereocenters. The molecular formula is C13H13N7O. The fraction of sp³-hybridized carbons (Fsp3) is 0.154. The van der Waals surface area contributed by atoms with Crippen molar-refractivity contribution < 1.29 is 4.79 Å². The SMILES string of the molecule is Cn1cc(NC(=O)c2cccc(-c3nnnn3C)c2)cn1. The summed E-state index contributed by atoms with van der Waals surface area (Å²) >= 11 is 0. The fourth-order valence-corrected chi connectivity index (χ4v) is 1.96. The van der Waals surface area contributed by atoms with Gasteiger partial charge in [-0.2, -0.15) is 5.10 Å². The van der Waals surface area contributed by atoms with E-state index in [-0.39, 0.29) is 5.91 Å². The molecule has 21 heavy (non-hydrogen) atoms. The minimum absolute atomic E-state index is 0.208. The molecule has 0 radical (unpaired) electrons. The van der Waals surface area contributed by atoms with E-state index in [0.717, 1.165) is 5.56 Å². The Balaban J connectivity index is 1.86. The molecule has 8 heteroatoms. The third-order valence-corrected chi connectivity index (χ3v) is 2.97. The lowest BCUT2D eigenvalue weighted by Crippen LogP contribution is -2.11. The largest absolute Gasteiger partial charge is 0.319 e. The molecule has 0 atom stereocenters. The van der Waals surface area contributed by atoms with Gasteiger partial charge in [0.2, 0.25) is 0 Å². The van der Waals surface area contributed by atoms with Crippen LogP contribution in [0.2, 0.25) is 0 Å². The standard InChI is InChI=1S/C13H13N7O/c1-19-8-11(7-14-19)15-13(21)10-5-3-4-9(6-10)12-16-17-18-20(12)2/h3-8H,1-2H3,(H,15,21). The lowest BCUT2D eigenvalue weighted by atomic mass is 10.1. The molecule has 1 amide bonds. The number of aryl methyl sites for hydroxylation is 2. The number of aromatic nitrogens is 6.